The van der Waals surface area contributed by atoms with Crippen LogP contribution in [0, 0.1) is 63.0 Å². The number of fused-ring (bicyclic) bond motifs is 4. The molecule has 2 aliphatic heterocycles. The second-order valence-electron chi connectivity index (χ2n) is 17.4. The first-order valence-electron chi connectivity index (χ1n) is 17.2. The van der Waals surface area contributed by atoms with E-state index in [4.69, 9.17) is 14.2 Å². The molecule has 7 fully saturated rings. The zero-order chi connectivity index (χ0) is 31.8. The molecular formula is C36H54NO7. The van der Waals surface area contributed by atoms with Gasteiger partial charge in [0.15, 0.2) is 6.10 Å². The number of carbonyl (C=O) groups is 2. The molecule has 0 aromatic heterocycles. The third-order valence-electron chi connectivity index (χ3n) is 14.6. The van der Waals surface area contributed by atoms with Crippen LogP contribution >= 0.6 is 0 Å². The highest BCUT2D eigenvalue weighted by atomic mass is 16.6. The van der Waals surface area contributed by atoms with E-state index < -0.39 is 29.2 Å². The molecule has 2 spiro atoms. The first-order chi connectivity index (χ1) is 20.4. The van der Waals surface area contributed by atoms with E-state index in [-0.39, 0.29) is 51.6 Å². The molecule has 0 amide bonds. The smallest absolute Gasteiger partial charge is 0.323 e. The lowest BCUT2D eigenvalue weighted by molar-refractivity contribution is -0.176. The first kappa shape index (κ1) is 31.4. The molecule has 0 aromatic rings. The molecule has 0 aromatic carbocycles. The Labute approximate surface area is 263 Å². The van der Waals surface area contributed by atoms with Crippen LogP contribution in [-0.2, 0) is 23.8 Å². The summed E-state index contributed by atoms with van der Waals surface area (Å²) in [5.41, 5.74) is -1.69. The number of nitrogens with one attached hydrogen (secondary N) is 1. The van der Waals surface area contributed by atoms with Crippen LogP contribution in [0.1, 0.15) is 113 Å². The van der Waals surface area contributed by atoms with Gasteiger partial charge in [0.1, 0.15) is 24.4 Å². The van der Waals surface area contributed by atoms with Crippen LogP contribution in [0.2, 0.25) is 0 Å². The van der Waals surface area contributed by atoms with E-state index in [0.29, 0.717) is 24.5 Å². The van der Waals surface area contributed by atoms with Gasteiger partial charge < -0.3 is 29.7 Å². The van der Waals surface area contributed by atoms with Gasteiger partial charge >= 0.3 is 11.9 Å². The fourth-order valence-electron chi connectivity index (χ4n) is 12.3. The van der Waals surface area contributed by atoms with Crippen molar-refractivity contribution in [1.82, 2.24) is 5.32 Å². The number of carbonyl (C=O) groups excluding carboxylic acids is 2. The number of hydrogen-bond donors (Lipinski definition) is 3. The Bertz CT molecular complexity index is 1210. The number of ether oxygens (including phenoxy) is 3. The van der Waals surface area contributed by atoms with E-state index in [1.165, 1.54) is 13.3 Å². The minimum Gasteiger partial charge on any atom is -0.461 e. The predicted molar refractivity (Wildman–Crippen MR) is 163 cm³/mol. The third kappa shape index (κ3) is 3.89. The average molecular weight is 613 g/mol. The Balaban J connectivity index is 1.16. The summed E-state index contributed by atoms with van der Waals surface area (Å²) in [4.78, 5) is 24.9. The van der Waals surface area contributed by atoms with E-state index in [1.54, 1.807) is 19.8 Å². The normalized spacial score (nSPS) is 48.9. The first-order valence-corrected chi connectivity index (χ1v) is 17.2. The number of aliphatic hydroxyl groups excluding tert-OH is 1. The summed E-state index contributed by atoms with van der Waals surface area (Å²) in [6, 6.07) is -0.142. The minimum absolute atomic E-state index is 0.0590. The van der Waals surface area contributed by atoms with Crippen molar-refractivity contribution in [3.8, 4) is 0 Å². The monoisotopic (exact) mass is 612 g/mol. The topological polar surface area (TPSA) is 114 Å². The summed E-state index contributed by atoms with van der Waals surface area (Å²) < 4.78 is 18.5. The van der Waals surface area contributed by atoms with Gasteiger partial charge in [0.2, 0.25) is 0 Å². The molecule has 3 radical (unpaired) electrons. The van der Waals surface area contributed by atoms with Crippen molar-refractivity contribution in [2.24, 2.45) is 44.8 Å². The van der Waals surface area contributed by atoms with Gasteiger partial charge in [0, 0.05) is 23.7 Å². The molecule has 5 aliphatic carbocycles. The van der Waals surface area contributed by atoms with Crippen molar-refractivity contribution in [3.05, 3.63) is 18.1 Å². The van der Waals surface area contributed by atoms with Crippen molar-refractivity contribution in [1.29, 1.82) is 0 Å². The van der Waals surface area contributed by atoms with Crippen LogP contribution in [0.25, 0.3) is 0 Å². The number of hydrogen-bond acceptors (Lipinski definition) is 8. The zero-order valence-corrected chi connectivity index (χ0v) is 28.0. The number of rotatable bonds is 5. The fraction of sp³-hybridized carbons (Fsp3) is 0.861. The maximum Gasteiger partial charge on any atom is 0.323 e. The number of esters is 2. The Kier molecular flexibility index (Phi) is 6.89. The molecule has 3 N–H and O–H groups in total. The summed E-state index contributed by atoms with van der Waals surface area (Å²) >= 11 is 0. The summed E-state index contributed by atoms with van der Waals surface area (Å²) in [7, 11) is 0. The second-order valence-corrected chi connectivity index (χ2v) is 17.4. The predicted octanol–water partition coefficient (Wildman–Crippen LogP) is 5.06. The molecule has 8 heteroatoms. The van der Waals surface area contributed by atoms with Gasteiger partial charge in [0.05, 0.1) is 11.7 Å². The molecular weight excluding hydrogens is 558 g/mol. The van der Waals surface area contributed by atoms with E-state index >= 15 is 0 Å². The molecule has 2 heterocycles. The lowest BCUT2D eigenvalue weighted by Crippen LogP contribution is -2.59. The maximum atomic E-state index is 12.8. The van der Waals surface area contributed by atoms with E-state index in [2.05, 4.69) is 39.9 Å². The highest BCUT2D eigenvalue weighted by Gasteiger charge is 2.85. The fourth-order valence-corrected chi connectivity index (χ4v) is 12.3. The van der Waals surface area contributed by atoms with Crippen LogP contribution in [0.4, 0.5) is 0 Å². The Morgan fingerprint density at radius 1 is 1.09 bits per heavy atom. The van der Waals surface area contributed by atoms with Crippen molar-refractivity contribution in [2.75, 3.05) is 6.54 Å². The largest absolute Gasteiger partial charge is 0.461 e. The van der Waals surface area contributed by atoms with Crippen LogP contribution in [0.5, 0.6) is 0 Å². The molecule has 44 heavy (non-hydrogen) atoms. The van der Waals surface area contributed by atoms with Gasteiger partial charge in [-0.25, -0.2) is 0 Å². The second kappa shape index (κ2) is 9.67. The summed E-state index contributed by atoms with van der Waals surface area (Å²) in [5.74, 6) is 1.73. The van der Waals surface area contributed by atoms with Gasteiger partial charge in [-0.3, -0.25) is 9.59 Å². The summed E-state index contributed by atoms with van der Waals surface area (Å²) in [5, 5.41) is 26.6. The molecule has 2 saturated heterocycles. The Morgan fingerprint density at radius 3 is 2.41 bits per heavy atom. The van der Waals surface area contributed by atoms with Crippen LogP contribution in [-0.4, -0.2) is 58.7 Å². The van der Waals surface area contributed by atoms with Crippen molar-refractivity contribution < 1.29 is 34.0 Å². The van der Waals surface area contributed by atoms with Gasteiger partial charge in [-0.15, -0.1) is 0 Å². The SMILES string of the molecule is CC(=O)O[C@@H]([C]1C[C@@H](C)[C@H]2[C](O1)[C@H](O)[C@@]1(C)[C]3CC[C@H]4C(C)(C)C(OC(=O)[C@@H]5CCN5)CC[C@@]45C[C@@]35CC[C@]21C)C(C)(C)O. The lowest BCUT2D eigenvalue weighted by atomic mass is 9.41. The van der Waals surface area contributed by atoms with Crippen LogP contribution < -0.4 is 5.32 Å². The Hall–Kier alpha value is -1.22. The molecule has 0 bridgehead atoms. The molecule has 1 unspecified atom stereocenters. The minimum atomic E-state index is -1.32. The zero-order valence-electron chi connectivity index (χ0n) is 28.0. The summed E-state index contributed by atoms with van der Waals surface area (Å²) in [6.45, 7) is 17.1. The molecule has 8 nitrogen and oxygen atoms in total. The van der Waals surface area contributed by atoms with Crippen molar-refractivity contribution in [2.45, 2.75) is 143 Å². The highest BCUT2D eigenvalue weighted by Crippen LogP contribution is 2.90. The van der Waals surface area contributed by atoms with Crippen LogP contribution in [0.3, 0.4) is 0 Å². The summed E-state index contributed by atoms with van der Waals surface area (Å²) in [6.07, 6.45) is 8.30. The van der Waals surface area contributed by atoms with Gasteiger partial charge in [-0.1, -0.05) is 34.6 Å². The quantitative estimate of drug-likeness (QED) is 0.369. The van der Waals surface area contributed by atoms with Gasteiger partial charge in [0.25, 0.3) is 0 Å². The highest BCUT2D eigenvalue weighted by molar-refractivity contribution is 5.77. The molecule has 245 valence electrons. The Morgan fingerprint density at radius 2 is 1.80 bits per heavy atom. The van der Waals surface area contributed by atoms with Crippen LogP contribution in [0.15, 0.2) is 0 Å². The molecule has 11 atom stereocenters. The van der Waals surface area contributed by atoms with E-state index in [0.717, 1.165) is 51.5 Å². The third-order valence-corrected chi connectivity index (χ3v) is 14.6. The van der Waals surface area contributed by atoms with Gasteiger partial charge in [-0.05, 0) is 112 Å². The van der Waals surface area contributed by atoms with Gasteiger partial charge in [-0.2, -0.15) is 0 Å². The van der Waals surface area contributed by atoms with E-state index in [1.807, 2.05) is 0 Å². The average Bonchev–Trinajstić information content (AvgIpc) is 3.52. The maximum absolute atomic E-state index is 12.8. The van der Waals surface area contributed by atoms with Crippen molar-refractivity contribution >= 4 is 11.9 Å². The lowest BCUT2D eigenvalue weighted by Gasteiger charge is -2.63. The van der Waals surface area contributed by atoms with E-state index in [9.17, 15) is 19.8 Å². The number of aliphatic hydroxyl groups is 2. The molecule has 5 saturated carbocycles. The van der Waals surface area contributed by atoms with Crippen molar-refractivity contribution in [3.63, 3.8) is 0 Å². The molecule has 7 aliphatic rings. The standard InChI is InChI=1S/C36H54NO7/c1-19-17-22(29(32(5,6)41)42-20(2)38)43-27-26(19)33(7)14-15-36-18-35(36)13-11-25(44-30(40)21-12-16-37-21)31(3,4)23(35)9-10-24(36)34(33,8)28(27)39/h19,21,23,25-26,28-29,37,39,41H,9-18H2,1-8H3/t19-,21+,23+,25?,26+,28+,29+,33-,34-,35-,36+/m1/s1. The molecule has 7 rings (SSSR count).